The van der Waals surface area contributed by atoms with Gasteiger partial charge in [-0.3, -0.25) is 4.90 Å². The molecule has 3 nitrogen and oxygen atoms in total. The van der Waals surface area contributed by atoms with Crippen LogP contribution in [0.3, 0.4) is 0 Å². The van der Waals surface area contributed by atoms with Gasteiger partial charge in [0.15, 0.2) is 5.11 Å². The molecule has 1 atom stereocenters. The number of hydrogen-bond donors (Lipinski definition) is 2. The maximum Gasteiger partial charge on any atom is 0.166 e. The van der Waals surface area contributed by atoms with E-state index in [-0.39, 0.29) is 0 Å². The summed E-state index contributed by atoms with van der Waals surface area (Å²) in [5.41, 5.74) is 1.40. The van der Waals surface area contributed by atoms with Crippen molar-refractivity contribution in [2.45, 2.75) is 44.3 Å². The van der Waals surface area contributed by atoms with Crippen LogP contribution in [0, 0.1) is 0 Å². The molecule has 3 rings (SSSR count). The predicted molar refractivity (Wildman–Crippen MR) is 86.6 cm³/mol. The first-order valence-electron chi connectivity index (χ1n) is 7.63. The summed E-state index contributed by atoms with van der Waals surface area (Å²) in [4.78, 5) is 2.52. The maximum atomic E-state index is 5.38. The van der Waals surface area contributed by atoms with Crippen LogP contribution >= 0.6 is 12.2 Å². The summed E-state index contributed by atoms with van der Waals surface area (Å²) in [6.07, 6.45) is 5.01. The van der Waals surface area contributed by atoms with Crippen molar-refractivity contribution in [1.82, 2.24) is 15.5 Å². The lowest BCUT2D eigenvalue weighted by atomic mass is 10.0. The van der Waals surface area contributed by atoms with Crippen LogP contribution in [0.1, 0.15) is 31.2 Å². The van der Waals surface area contributed by atoms with E-state index in [2.05, 4.69) is 45.9 Å². The van der Waals surface area contributed by atoms with Crippen molar-refractivity contribution in [3.05, 3.63) is 35.9 Å². The Labute approximate surface area is 126 Å². The Balaban J connectivity index is 1.47. The number of thiocarbonyl (C=S) groups is 1. The Morgan fingerprint density at radius 2 is 1.85 bits per heavy atom. The quantitative estimate of drug-likeness (QED) is 0.832. The zero-order chi connectivity index (χ0) is 13.8. The van der Waals surface area contributed by atoms with Crippen LogP contribution in [0.5, 0.6) is 0 Å². The third-order valence-corrected chi connectivity index (χ3v) is 4.24. The van der Waals surface area contributed by atoms with Gasteiger partial charge in [-0.05, 0) is 50.0 Å². The molecule has 20 heavy (non-hydrogen) atoms. The van der Waals surface area contributed by atoms with Crippen LogP contribution in [0.4, 0.5) is 0 Å². The maximum absolute atomic E-state index is 5.38. The molecule has 1 aromatic carbocycles. The van der Waals surface area contributed by atoms with Gasteiger partial charge in [-0.25, -0.2) is 0 Å². The second-order valence-electron chi connectivity index (χ2n) is 5.95. The Bertz CT molecular complexity index is 444. The van der Waals surface area contributed by atoms with E-state index in [0.29, 0.717) is 12.1 Å². The summed E-state index contributed by atoms with van der Waals surface area (Å²) < 4.78 is 0. The highest BCUT2D eigenvalue weighted by Crippen LogP contribution is 2.19. The van der Waals surface area contributed by atoms with Crippen LogP contribution in [-0.4, -0.2) is 35.2 Å². The second kappa shape index (κ2) is 6.55. The van der Waals surface area contributed by atoms with Gasteiger partial charge in [-0.15, -0.1) is 0 Å². The molecule has 0 bridgehead atoms. The Morgan fingerprint density at radius 1 is 1.10 bits per heavy atom. The molecule has 2 aliphatic rings. The average molecular weight is 289 g/mol. The number of benzene rings is 1. The van der Waals surface area contributed by atoms with Crippen LogP contribution in [-0.2, 0) is 6.54 Å². The number of hydrogen-bond acceptors (Lipinski definition) is 2. The topological polar surface area (TPSA) is 27.3 Å². The van der Waals surface area contributed by atoms with Crippen molar-refractivity contribution in [2.75, 3.05) is 13.1 Å². The first-order valence-corrected chi connectivity index (χ1v) is 8.04. The summed E-state index contributed by atoms with van der Waals surface area (Å²) in [6, 6.07) is 11.8. The second-order valence-corrected chi connectivity index (χ2v) is 6.36. The summed E-state index contributed by atoms with van der Waals surface area (Å²) in [5.74, 6) is 0. The molecule has 1 heterocycles. The van der Waals surface area contributed by atoms with E-state index < -0.39 is 0 Å². The number of rotatable bonds is 4. The van der Waals surface area contributed by atoms with Gasteiger partial charge >= 0.3 is 0 Å². The van der Waals surface area contributed by atoms with Gasteiger partial charge in [-0.1, -0.05) is 30.3 Å². The van der Waals surface area contributed by atoms with Crippen LogP contribution < -0.4 is 10.6 Å². The Morgan fingerprint density at radius 3 is 2.60 bits per heavy atom. The molecular weight excluding hydrogens is 266 g/mol. The van der Waals surface area contributed by atoms with E-state index in [0.717, 1.165) is 18.2 Å². The van der Waals surface area contributed by atoms with Gasteiger partial charge in [0.1, 0.15) is 0 Å². The van der Waals surface area contributed by atoms with Gasteiger partial charge in [0, 0.05) is 25.2 Å². The lowest BCUT2D eigenvalue weighted by Gasteiger charge is -2.33. The predicted octanol–water partition coefficient (Wildman–Crippen LogP) is 2.28. The first kappa shape index (κ1) is 13.8. The SMILES string of the molecule is S=C(NC1CC1)N[C@H]1CCCN(Cc2ccccc2)C1. The molecular formula is C16H23N3S. The van der Waals surface area contributed by atoms with E-state index >= 15 is 0 Å². The van der Waals surface area contributed by atoms with Gasteiger partial charge in [0.05, 0.1) is 0 Å². The fourth-order valence-corrected chi connectivity index (χ4v) is 3.13. The van der Waals surface area contributed by atoms with E-state index in [1.165, 1.54) is 37.8 Å². The van der Waals surface area contributed by atoms with Crippen molar-refractivity contribution in [1.29, 1.82) is 0 Å². The molecule has 2 fully saturated rings. The van der Waals surface area contributed by atoms with E-state index in [1.807, 2.05) is 0 Å². The highest BCUT2D eigenvalue weighted by Gasteiger charge is 2.24. The Kier molecular flexibility index (Phi) is 4.53. The smallest absolute Gasteiger partial charge is 0.166 e. The molecule has 1 saturated carbocycles. The molecule has 2 N–H and O–H groups in total. The Hall–Kier alpha value is -1.13. The molecule has 4 heteroatoms. The average Bonchev–Trinajstić information content (AvgIpc) is 3.24. The largest absolute Gasteiger partial charge is 0.360 e. The van der Waals surface area contributed by atoms with Gasteiger partial charge in [0.25, 0.3) is 0 Å². The molecule has 1 aromatic rings. The summed E-state index contributed by atoms with van der Waals surface area (Å²) in [7, 11) is 0. The van der Waals surface area contributed by atoms with E-state index in [9.17, 15) is 0 Å². The van der Waals surface area contributed by atoms with E-state index in [1.54, 1.807) is 0 Å². The molecule has 1 aliphatic carbocycles. The number of likely N-dealkylation sites (tertiary alicyclic amines) is 1. The van der Waals surface area contributed by atoms with Crippen molar-refractivity contribution in [2.24, 2.45) is 0 Å². The minimum absolute atomic E-state index is 0.492. The number of nitrogens with zero attached hydrogens (tertiary/aromatic N) is 1. The molecule has 1 saturated heterocycles. The minimum Gasteiger partial charge on any atom is -0.360 e. The van der Waals surface area contributed by atoms with E-state index in [4.69, 9.17) is 12.2 Å². The number of nitrogens with one attached hydrogen (secondary N) is 2. The molecule has 0 amide bonds. The van der Waals surface area contributed by atoms with Crippen LogP contribution in [0.15, 0.2) is 30.3 Å². The highest BCUT2D eigenvalue weighted by atomic mass is 32.1. The first-order chi connectivity index (χ1) is 9.79. The lowest BCUT2D eigenvalue weighted by molar-refractivity contribution is 0.193. The summed E-state index contributed by atoms with van der Waals surface area (Å²) in [6.45, 7) is 3.32. The zero-order valence-corrected chi connectivity index (χ0v) is 12.7. The molecule has 1 aliphatic heterocycles. The fraction of sp³-hybridized carbons (Fsp3) is 0.562. The van der Waals surface area contributed by atoms with Crippen LogP contribution in [0.2, 0.25) is 0 Å². The van der Waals surface area contributed by atoms with Crippen molar-refractivity contribution in [3.63, 3.8) is 0 Å². The van der Waals surface area contributed by atoms with Gasteiger partial charge in [-0.2, -0.15) is 0 Å². The van der Waals surface area contributed by atoms with Gasteiger partial charge in [0.2, 0.25) is 0 Å². The lowest BCUT2D eigenvalue weighted by Crippen LogP contribution is -2.50. The summed E-state index contributed by atoms with van der Waals surface area (Å²) >= 11 is 5.38. The zero-order valence-electron chi connectivity index (χ0n) is 11.8. The molecule has 0 radical (unpaired) electrons. The minimum atomic E-state index is 0.492. The monoisotopic (exact) mass is 289 g/mol. The third kappa shape index (κ3) is 4.18. The third-order valence-electron chi connectivity index (χ3n) is 4.00. The van der Waals surface area contributed by atoms with Gasteiger partial charge < -0.3 is 10.6 Å². The van der Waals surface area contributed by atoms with Crippen LogP contribution in [0.25, 0.3) is 0 Å². The molecule has 0 spiro atoms. The van der Waals surface area contributed by atoms with Crippen molar-refractivity contribution < 1.29 is 0 Å². The highest BCUT2D eigenvalue weighted by molar-refractivity contribution is 7.80. The molecule has 0 aromatic heterocycles. The fourth-order valence-electron chi connectivity index (χ4n) is 2.80. The summed E-state index contributed by atoms with van der Waals surface area (Å²) in [5, 5.41) is 7.70. The normalized spacial score (nSPS) is 23.3. The van der Waals surface area contributed by atoms with Crippen molar-refractivity contribution >= 4 is 17.3 Å². The number of piperidine rings is 1. The molecule has 0 unspecified atom stereocenters. The van der Waals surface area contributed by atoms with Crippen molar-refractivity contribution in [3.8, 4) is 0 Å². The standard InChI is InChI=1S/C16H23N3S/c20-16(17-14-8-9-14)18-15-7-4-10-19(12-15)11-13-5-2-1-3-6-13/h1-3,5-6,14-15H,4,7-12H2,(H2,17,18,20)/t15-/m0/s1. The molecule has 108 valence electrons.